The van der Waals surface area contributed by atoms with Crippen molar-refractivity contribution >= 4 is 31.5 Å². The van der Waals surface area contributed by atoms with Crippen LogP contribution < -0.4 is 21.4 Å². The molecule has 0 amide bonds. The van der Waals surface area contributed by atoms with Crippen LogP contribution in [0.15, 0.2) is 0 Å². The molecule has 1 N–H and O–H groups in total. The Balaban J connectivity index is 0.000000594. The first-order valence-corrected chi connectivity index (χ1v) is 22.0. The second-order valence-electron chi connectivity index (χ2n) is 12.9. The van der Waals surface area contributed by atoms with E-state index in [0.29, 0.717) is 0 Å². The number of benzene rings is 4. The maximum absolute atomic E-state index is 15.4. The molecule has 4 rings (SSSR count). The van der Waals surface area contributed by atoms with E-state index in [2.05, 4.69) is 20.8 Å². The second kappa shape index (κ2) is 19.4. The van der Waals surface area contributed by atoms with Gasteiger partial charge < -0.3 is 4.90 Å². The van der Waals surface area contributed by atoms with Gasteiger partial charge >= 0.3 is 236 Å². The quantitative estimate of drug-likeness (QED) is 0.0599. The number of halogens is 20. The first kappa shape index (κ1) is 48.4. The molecule has 320 valence electrons. The van der Waals surface area contributed by atoms with Crippen LogP contribution in [-0.2, 0) is 0 Å². The minimum atomic E-state index is -9.74. The van der Waals surface area contributed by atoms with Gasteiger partial charge in [-0.1, -0.05) is 40.0 Å². The van der Waals surface area contributed by atoms with Gasteiger partial charge in [0, 0.05) is 0 Å². The maximum atomic E-state index is 15.4. The predicted molar refractivity (Wildman–Crippen MR) is 170 cm³/mol. The Labute approximate surface area is 319 Å². The molecule has 0 saturated carbocycles. The van der Waals surface area contributed by atoms with Crippen LogP contribution in [0.1, 0.15) is 59.3 Å². The van der Waals surface area contributed by atoms with Crippen molar-refractivity contribution in [1.82, 2.24) is 0 Å². The van der Waals surface area contributed by atoms with Crippen molar-refractivity contribution in [1.29, 1.82) is 0 Å². The standard InChI is InChI=1S/C12H27N.4C6F5.Ga/c1-4-7-10-13(11-8-5-2)12-9-6-3;4*7-2-1-3(8)5(10)6(11)4(2)9;/h4-12H2,1-3H3;;;;;/q;;;;;-1/p+1. The van der Waals surface area contributed by atoms with Gasteiger partial charge in [0.05, 0.1) is 19.6 Å². The van der Waals surface area contributed by atoms with Gasteiger partial charge in [0.1, 0.15) is 0 Å². The van der Waals surface area contributed by atoms with E-state index in [0.717, 1.165) is 0 Å². The van der Waals surface area contributed by atoms with Crippen LogP contribution in [0.2, 0.25) is 0 Å². The molecule has 4 aromatic carbocycles. The molecule has 0 spiro atoms. The zero-order valence-electron chi connectivity index (χ0n) is 30.0. The summed E-state index contributed by atoms with van der Waals surface area (Å²) in [7, 11) is 0. The minimum absolute atomic E-state index is 1.35. The van der Waals surface area contributed by atoms with E-state index < -0.39 is 148 Å². The van der Waals surface area contributed by atoms with Gasteiger partial charge in [-0.15, -0.1) is 0 Å². The zero-order valence-corrected chi connectivity index (χ0v) is 32.4. The van der Waals surface area contributed by atoms with Crippen LogP contribution in [0.4, 0.5) is 87.8 Å². The summed E-state index contributed by atoms with van der Waals surface area (Å²) in [6, 6.07) is 0. The molecular weight excluding hydrogens is 896 g/mol. The Hall–Kier alpha value is -3.92. The molecule has 4 aromatic rings. The molecule has 0 bridgehead atoms. The third-order valence-corrected chi connectivity index (χ3v) is 20.9. The van der Waals surface area contributed by atoms with Gasteiger partial charge in [0.15, 0.2) is 0 Å². The molecule has 1 nitrogen and oxygen atoms in total. The summed E-state index contributed by atoms with van der Waals surface area (Å²) < 4.78 is 281. The number of quaternary nitrogens is 1. The van der Waals surface area contributed by atoms with Crippen molar-refractivity contribution in [2.45, 2.75) is 59.3 Å². The van der Waals surface area contributed by atoms with Gasteiger partial charge in [-0.25, -0.2) is 0 Å². The molecule has 0 aliphatic heterocycles. The summed E-state index contributed by atoms with van der Waals surface area (Å²) in [5.74, 6) is -70.5. The van der Waals surface area contributed by atoms with E-state index in [9.17, 15) is 52.7 Å². The van der Waals surface area contributed by atoms with E-state index in [1.54, 1.807) is 0 Å². The van der Waals surface area contributed by atoms with Crippen molar-refractivity contribution in [2.75, 3.05) is 19.6 Å². The van der Waals surface area contributed by atoms with E-state index in [4.69, 9.17) is 0 Å². The molecule has 0 aliphatic carbocycles. The average molecular weight is 924 g/mol. The summed E-state index contributed by atoms with van der Waals surface area (Å²) in [6.45, 7) is 11.1. The van der Waals surface area contributed by atoms with Crippen molar-refractivity contribution in [3.05, 3.63) is 116 Å². The molecule has 0 heterocycles. The molecule has 58 heavy (non-hydrogen) atoms. The topological polar surface area (TPSA) is 4.44 Å². The van der Waals surface area contributed by atoms with Crippen molar-refractivity contribution in [3.63, 3.8) is 0 Å². The van der Waals surface area contributed by atoms with Crippen molar-refractivity contribution in [2.24, 2.45) is 0 Å². The molecule has 0 aliphatic rings. The summed E-state index contributed by atoms with van der Waals surface area (Å²) in [5.41, 5.74) is 0. The number of hydrogen-bond donors (Lipinski definition) is 1. The van der Waals surface area contributed by atoms with Crippen LogP contribution in [-0.4, -0.2) is 34.7 Å². The van der Waals surface area contributed by atoms with Gasteiger partial charge in [0.25, 0.3) is 0 Å². The Morgan fingerprint density at radius 3 is 0.534 bits per heavy atom. The van der Waals surface area contributed by atoms with Crippen LogP contribution in [0.5, 0.6) is 0 Å². The van der Waals surface area contributed by atoms with Crippen molar-refractivity contribution < 1.29 is 92.7 Å². The monoisotopic (exact) mass is 923 g/mol. The number of hydrogen-bond acceptors (Lipinski definition) is 0. The Bertz CT molecular complexity index is 1770. The number of rotatable bonds is 13. The van der Waals surface area contributed by atoms with Gasteiger partial charge in [-0.05, 0) is 19.3 Å². The average Bonchev–Trinajstić information content (AvgIpc) is 3.20. The van der Waals surface area contributed by atoms with Crippen molar-refractivity contribution in [3.8, 4) is 0 Å². The second-order valence-corrected chi connectivity index (χ2v) is 21.3. The molecule has 0 saturated heterocycles. The summed E-state index contributed by atoms with van der Waals surface area (Å²) in [5, 5.41) is 0. The van der Waals surface area contributed by atoms with Crippen LogP contribution >= 0.6 is 0 Å². The fourth-order valence-electron chi connectivity index (χ4n) is 6.53. The van der Waals surface area contributed by atoms with Crippen LogP contribution in [0, 0.1) is 116 Å². The zero-order chi connectivity index (χ0) is 44.3. The predicted octanol–water partition coefficient (Wildman–Crippen LogP) is 8.12. The molecule has 0 radical (unpaired) electrons. The first-order valence-electron chi connectivity index (χ1n) is 17.1. The van der Waals surface area contributed by atoms with E-state index in [1.165, 1.54) is 58.2 Å². The Morgan fingerprint density at radius 2 is 0.397 bits per heavy atom. The normalized spacial score (nSPS) is 11.8. The van der Waals surface area contributed by atoms with Crippen LogP contribution in [0.3, 0.4) is 0 Å². The summed E-state index contributed by atoms with van der Waals surface area (Å²) in [4.78, 5) is 1.84. The molecular formula is C36H28F20GaN. The molecule has 0 aromatic heterocycles. The van der Waals surface area contributed by atoms with E-state index in [1.807, 2.05) is 4.90 Å². The van der Waals surface area contributed by atoms with Crippen LogP contribution in [0.25, 0.3) is 0 Å². The first-order chi connectivity index (χ1) is 27.0. The fourth-order valence-corrected chi connectivity index (χ4v) is 18.7. The number of unbranched alkanes of at least 4 members (excludes halogenated alkanes) is 3. The van der Waals surface area contributed by atoms with E-state index in [-0.39, 0.29) is 0 Å². The summed E-state index contributed by atoms with van der Waals surface area (Å²) in [6.07, 6.45) is 8.26. The summed E-state index contributed by atoms with van der Waals surface area (Å²) >= 11 is -9.74. The van der Waals surface area contributed by atoms with E-state index >= 15 is 35.1 Å². The third-order valence-electron chi connectivity index (χ3n) is 9.36. The molecule has 0 fully saturated rings. The van der Waals surface area contributed by atoms with Gasteiger partial charge in [0.2, 0.25) is 0 Å². The third kappa shape index (κ3) is 8.28. The SMILES string of the molecule is CCCC[NH+](CCCC)CCCC.Fc1c(F)c(F)[c]([Ga-]([c]2c(F)c(F)c(F)c(F)c2F)([c]2c(F)c(F)c(F)c(F)c2F)[c]2c(F)c(F)c(F)c(F)c2F)c(F)c1F. The van der Waals surface area contributed by atoms with Gasteiger partial charge in [-0.2, -0.15) is 0 Å². The van der Waals surface area contributed by atoms with Gasteiger partial charge in [-0.3, -0.25) is 0 Å². The fraction of sp³-hybridized carbons (Fsp3) is 0.333. The number of nitrogens with one attached hydrogen (secondary N) is 1. The Kier molecular flexibility index (Phi) is 16.2. The molecule has 22 heteroatoms. The Morgan fingerprint density at radius 1 is 0.259 bits per heavy atom. The molecule has 0 atom stereocenters. The molecule has 0 unspecified atom stereocenters.